The number of esters is 1. The Hall–Kier alpha value is -2.62. The van der Waals surface area contributed by atoms with Crippen molar-refractivity contribution in [1.29, 1.82) is 0 Å². The minimum Gasteiger partial charge on any atom is -0.465 e. The highest BCUT2D eigenvalue weighted by atomic mass is 16.5. The quantitative estimate of drug-likeness (QED) is 0.819. The van der Waals surface area contributed by atoms with Crippen molar-refractivity contribution in [2.24, 2.45) is 0 Å². The van der Waals surface area contributed by atoms with Crippen molar-refractivity contribution in [2.45, 2.75) is 12.3 Å². The number of carbonyl (C=O) groups excluding carboxylic acids is 2. The van der Waals surface area contributed by atoms with Crippen LogP contribution in [0.4, 0.5) is 0 Å². The first-order valence-corrected chi connectivity index (χ1v) is 7.71. The van der Waals surface area contributed by atoms with Gasteiger partial charge in [0.15, 0.2) is 0 Å². The van der Waals surface area contributed by atoms with E-state index >= 15 is 0 Å². The van der Waals surface area contributed by atoms with Crippen LogP contribution in [0.5, 0.6) is 0 Å². The Kier molecular flexibility index (Phi) is 4.42. The van der Waals surface area contributed by atoms with E-state index in [-0.39, 0.29) is 5.91 Å². The first-order valence-electron chi connectivity index (χ1n) is 7.71. The molecule has 1 fully saturated rings. The lowest BCUT2D eigenvalue weighted by molar-refractivity contribution is 0.0600. The lowest BCUT2D eigenvalue weighted by atomic mass is 9.99. The summed E-state index contributed by atoms with van der Waals surface area (Å²) in [6, 6.07) is 17.0. The van der Waals surface area contributed by atoms with Crippen molar-refractivity contribution in [3.8, 4) is 0 Å². The fourth-order valence-corrected chi connectivity index (χ4v) is 3.02. The third kappa shape index (κ3) is 3.26. The van der Waals surface area contributed by atoms with Crippen LogP contribution in [0.1, 0.15) is 38.6 Å². The van der Waals surface area contributed by atoms with Gasteiger partial charge in [-0.2, -0.15) is 0 Å². The number of rotatable bonds is 3. The second kappa shape index (κ2) is 6.65. The lowest BCUT2D eigenvalue weighted by Gasteiger charge is -2.17. The van der Waals surface area contributed by atoms with E-state index in [1.165, 1.54) is 12.7 Å². The van der Waals surface area contributed by atoms with E-state index in [0.29, 0.717) is 23.6 Å². The minimum absolute atomic E-state index is 0.0332. The van der Waals surface area contributed by atoms with Crippen LogP contribution < -0.4 is 0 Å². The third-order valence-electron chi connectivity index (χ3n) is 4.28. The van der Waals surface area contributed by atoms with E-state index in [4.69, 9.17) is 4.74 Å². The maximum absolute atomic E-state index is 12.7. The van der Waals surface area contributed by atoms with Crippen LogP contribution >= 0.6 is 0 Å². The lowest BCUT2D eigenvalue weighted by Crippen LogP contribution is -2.28. The molecule has 23 heavy (non-hydrogen) atoms. The van der Waals surface area contributed by atoms with Crippen LogP contribution in [0.25, 0.3) is 0 Å². The van der Waals surface area contributed by atoms with E-state index in [9.17, 15) is 9.59 Å². The standard InChI is InChI=1S/C19H19NO3/c1-23-19(22)16-9-5-8-15(12-16)18(21)20-11-10-17(13-20)14-6-3-2-4-7-14/h2-9,12,17H,10-11,13H2,1H3/t17-/m1/s1. The van der Waals surface area contributed by atoms with Gasteiger partial charge in [-0.1, -0.05) is 36.4 Å². The van der Waals surface area contributed by atoms with Gasteiger partial charge in [0, 0.05) is 24.6 Å². The van der Waals surface area contributed by atoms with E-state index in [1.807, 2.05) is 23.1 Å². The zero-order valence-corrected chi connectivity index (χ0v) is 13.1. The fourth-order valence-electron chi connectivity index (χ4n) is 3.02. The highest BCUT2D eigenvalue weighted by Gasteiger charge is 2.28. The number of likely N-dealkylation sites (tertiary alicyclic amines) is 1. The summed E-state index contributed by atoms with van der Waals surface area (Å²) in [5, 5.41) is 0. The van der Waals surface area contributed by atoms with Crippen LogP contribution in [-0.2, 0) is 4.74 Å². The summed E-state index contributed by atoms with van der Waals surface area (Å²) in [6.07, 6.45) is 0.965. The Morgan fingerprint density at radius 2 is 1.78 bits per heavy atom. The molecule has 4 heteroatoms. The van der Waals surface area contributed by atoms with Gasteiger partial charge in [-0.3, -0.25) is 4.79 Å². The van der Waals surface area contributed by atoms with Crippen molar-refractivity contribution in [3.05, 3.63) is 71.3 Å². The second-order valence-corrected chi connectivity index (χ2v) is 5.72. The van der Waals surface area contributed by atoms with E-state index < -0.39 is 5.97 Å². The van der Waals surface area contributed by atoms with Gasteiger partial charge in [0.05, 0.1) is 12.7 Å². The van der Waals surface area contributed by atoms with Gasteiger partial charge < -0.3 is 9.64 Å². The zero-order chi connectivity index (χ0) is 16.2. The number of ether oxygens (including phenoxy) is 1. The molecule has 2 aromatic rings. The fraction of sp³-hybridized carbons (Fsp3) is 0.263. The molecule has 1 atom stereocenters. The molecule has 1 amide bonds. The molecule has 0 aromatic heterocycles. The molecule has 0 bridgehead atoms. The molecule has 2 aromatic carbocycles. The van der Waals surface area contributed by atoms with Gasteiger partial charge in [0.25, 0.3) is 5.91 Å². The summed E-state index contributed by atoms with van der Waals surface area (Å²) in [7, 11) is 1.34. The molecule has 4 nitrogen and oxygen atoms in total. The third-order valence-corrected chi connectivity index (χ3v) is 4.28. The van der Waals surface area contributed by atoms with Gasteiger partial charge >= 0.3 is 5.97 Å². The Labute approximate surface area is 135 Å². The number of benzene rings is 2. The SMILES string of the molecule is COC(=O)c1cccc(C(=O)N2CC[C@@H](c3ccccc3)C2)c1. The van der Waals surface area contributed by atoms with Crippen LogP contribution in [0, 0.1) is 0 Å². The van der Waals surface area contributed by atoms with Crippen LogP contribution in [-0.4, -0.2) is 37.0 Å². The first kappa shape index (κ1) is 15.3. The molecule has 0 saturated carbocycles. The molecule has 1 heterocycles. The summed E-state index contributed by atoms with van der Waals surface area (Å²) in [4.78, 5) is 26.1. The Morgan fingerprint density at radius 1 is 1.04 bits per heavy atom. The van der Waals surface area contributed by atoms with Gasteiger partial charge in [0.2, 0.25) is 0 Å². The number of nitrogens with zero attached hydrogens (tertiary/aromatic N) is 1. The summed E-state index contributed by atoms with van der Waals surface area (Å²) < 4.78 is 4.71. The molecular formula is C19H19NO3. The average molecular weight is 309 g/mol. The molecule has 0 spiro atoms. The Balaban J connectivity index is 1.73. The van der Waals surface area contributed by atoms with Crippen molar-refractivity contribution < 1.29 is 14.3 Å². The highest BCUT2D eigenvalue weighted by Crippen LogP contribution is 2.28. The smallest absolute Gasteiger partial charge is 0.337 e. The molecule has 0 radical (unpaired) electrons. The van der Waals surface area contributed by atoms with Crippen LogP contribution in [0.15, 0.2) is 54.6 Å². The maximum Gasteiger partial charge on any atom is 0.337 e. The van der Waals surface area contributed by atoms with E-state index in [1.54, 1.807) is 24.3 Å². The zero-order valence-electron chi connectivity index (χ0n) is 13.1. The molecule has 0 unspecified atom stereocenters. The largest absolute Gasteiger partial charge is 0.465 e. The van der Waals surface area contributed by atoms with Crippen LogP contribution in [0.2, 0.25) is 0 Å². The maximum atomic E-state index is 12.7. The second-order valence-electron chi connectivity index (χ2n) is 5.72. The number of hydrogen-bond donors (Lipinski definition) is 0. The molecule has 1 aliphatic heterocycles. The molecule has 1 aliphatic rings. The van der Waals surface area contributed by atoms with Gasteiger partial charge in [0.1, 0.15) is 0 Å². The molecule has 3 rings (SSSR count). The number of methoxy groups -OCH3 is 1. The molecular weight excluding hydrogens is 290 g/mol. The topological polar surface area (TPSA) is 46.6 Å². The summed E-state index contributed by atoms with van der Waals surface area (Å²) in [5.74, 6) is -0.0821. The summed E-state index contributed by atoms with van der Waals surface area (Å²) >= 11 is 0. The van der Waals surface area contributed by atoms with E-state index in [2.05, 4.69) is 12.1 Å². The number of amides is 1. The summed E-state index contributed by atoms with van der Waals surface area (Å²) in [6.45, 7) is 1.45. The number of hydrogen-bond acceptors (Lipinski definition) is 3. The van der Waals surface area contributed by atoms with E-state index in [0.717, 1.165) is 13.0 Å². The molecule has 1 saturated heterocycles. The van der Waals surface area contributed by atoms with Crippen molar-refractivity contribution in [2.75, 3.05) is 20.2 Å². The number of carbonyl (C=O) groups is 2. The Morgan fingerprint density at radius 3 is 2.52 bits per heavy atom. The van der Waals surface area contributed by atoms with Crippen molar-refractivity contribution in [3.63, 3.8) is 0 Å². The van der Waals surface area contributed by atoms with Crippen LogP contribution in [0.3, 0.4) is 0 Å². The minimum atomic E-state index is -0.428. The first-order chi connectivity index (χ1) is 11.2. The molecule has 0 N–H and O–H groups in total. The molecule has 0 aliphatic carbocycles. The predicted octanol–water partition coefficient (Wildman–Crippen LogP) is 3.10. The Bertz CT molecular complexity index is 712. The monoisotopic (exact) mass is 309 g/mol. The summed E-state index contributed by atoms with van der Waals surface area (Å²) in [5.41, 5.74) is 2.20. The average Bonchev–Trinajstić information content (AvgIpc) is 3.11. The normalized spacial score (nSPS) is 17.1. The van der Waals surface area contributed by atoms with Gasteiger partial charge in [-0.25, -0.2) is 4.79 Å². The van der Waals surface area contributed by atoms with Crippen molar-refractivity contribution >= 4 is 11.9 Å². The molecule has 118 valence electrons. The predicted molar refractivity (Wildman–Crippen MR) is 87.5 cm³/mol. The van der Waals surface area contributed by atoms with Crippen molar-refractivity contribution in [1.82, 2.24) is 4.90 Å². The highest BCUT2D eigenvalue weighted by molar-refractivity contribution is 5.98. The van der Waals surface area contributed by atoms with Gasteiger partial charge in [-0.15, -0.1) is 0 Å². The van der Waals surface area contributed by atoms with Gasteiger partial charge in [-0.05, 0) is 30.2 Å².